The van der Waals surface area contributed by atoms with E-state index >= 15 is 0 Å². The van der Waals surface area contributed by atoms with E-state index in [-0.39, 0.29) is 29.0 Å². The molecule has 1 amide bonds. The molecule has 3 aromatic carbocycles. The topological polar surface area (TPSA) is 49.3 Å². The van der Waals surface area contributed by atoms with Gasteiger partial charge in [-0.05, 0) is 60.7 Å². The Labute approximate surface area is 178 Å². The first kappa shape index (κ1) is 21.1. The van der Waals surface area contributed by atoms with Crippen molar-refractivity contribution in [3.63, 3.8) is 0 Å². The zero-order valence-corrected chi connectivity index (χ0v) is 17.5. The molecule has 3 rings (SSSR count). The number of nitrogens with one attached hydrogen (secondary N) is 1. The van der Waals surface area contributed by atoms with E-state index in [1.165, 1.54) is 12.1 Å². The Morgan fingerprint density at radius 2 is 1.76 bits per heavy atom. The van der Waals surface area contributed by atoms with Crippen LogP contribution >= 0.6 is 15.9 Å². The summed E-state index contributed by atoms with van der Waals surface area (Å²) in [7, 11) is 0. The van der Waals surface area contributed by atoms with Gasteiger partial charge >= 0.3 is 0 Å². The zero-order valence-electron chi connectivity index (χ0n) is 15.9. The second kappa shape index (κ2) is 10.2. The Morgan fingerprint density at radius 1 is 1.03 bits per heavy atom. The summed E-state index contributed by atoms with van der Waals surface area (Å²) in [5.74, 6) is -0.438. The van der Waals surface area contributed by atoms with Gasteiger partial charge in [0.25, 0.3) is 5.91 Å². The Bertz CT molecular complexity index is 962. The molecule has 1 atom stereocenters. The number of hydrogen-bond acceptors (Lipinski definition) is 2. The van der Waals surface area contributed by atoms with Gasteiger partial charge in [0.1, 0.15) is 11.6 Å². The van der Waals surface area contributed by atoms with E-state index in [0.717, 1.165) is 22.9 Å². The molecule has 150 valence electrons. The summed E-state index contributed by atoms with van der Waals surface area (Å²) in [6.45, 7) is 0.443. The highest BCUT2D eigenvalue weighted by Gasteiger charge is 2.16. The van der Waals surface area contributed by atoms with Gasteiger partial charge in [0.05, 0.1) is 5.56 Å². The molecule has 3 aromatic rings. The predicted octanol–water partition coefficient (Wildman–Crippen LogP) is 5.83. The number of halogens is 2. The van der Waals surface area contributed by atoms with Crippen molar-refractivity contribution < 1.29 is 14.3 Å². The lowest BCUT2D eigenvalue weighted by atomic mass is 9.92. The summed E-state index contributed by atoms with van der Waals surface area (Å²) >= 11 is 3.39. The van der Waals surface area contributed by atoms with E-state index < -0.39 is 0 Å². The van der Waals surface area contributed by atoms with Gasteiger partial charge in [-0.2, -0.15) is 0 Å². The quantitative estimate of drug-likeness (QED) is 0.448. The van der Waals surface area contributed by atoms with Crippen LogP contribution in [0.2, 0.25) is 0 Å². The van der Waals surface area contributed by atoms with Crippen LogP contribution in [0.25, 0.3) is 0 Å². The van der Waals surface area contributed by atoms with E-state index in [1.54, 1.807) is 24.3 Å². The minimum atomic E-state index is -0.304. The molecule has 29 heavy (non-hydrogen) atoms. The van der Waals surface area contributed by atoms with Gasteiger partial charge < -0.3 is 10.4 Å². The van der Waals surface area contributed by atoms with Crippen LogP contribution in [0.5, 0.6) is 5.75 Å². The van der Waals surface area contributed by atoms with Crippen molar-refractivity contribution in [1.82, 2.24) is 5.32 Å². The van der Waals surface area contributed by atoms with Crippen molar-refractivity contribution in [2.45, 2.75) is 25.2 Å². The van der Waals surface area contributed by atoms with Crippen LogP contribution in [-0.2, 0) is 6.42 Å². The minimum Gasteiger partial charge on any atom is -0.507 e. The van der Waals surface area contributed by atoms with Crippen molar-refractivity contribution in [2.75, 3.05) is 6.54 Å². The molecule has 0 aromatic heterocycles. The van der Waals surface area contributed by atoms with E-state index in [4.69, 9.17) is 0 Å². The fourth-order valence-corrected chi connectivity index (χ4v) is 3.77. The molecule has 0 saturated heterocycles. The summed E-state index contributed by atoms with van der Waals surface area (Å²) in [5.41, 5.74) is 2.07. The first-order valence-electron chi connectivity index (χ1n) is 9.59. The fourth-order valence-electron chi connectivity index (χ4n) is 3.36. The number of hydrogen-bond donors (Lipinski definition) is 2. The number of phenolic OH excluding ortho intramolecular Hbond substituents is 1. The molecule has 0 heterocycles. The van der Waals surface area contributed by atoms with Gasteiger partial charge in [0, 0.05) is 16.9 Å². The Morgan fingerprint density at radius 3 is 2.52 bits per heavy atom. The number of carbonyl (C=O) groups excluding carboxylic acids is 1. The van der Waals surface area contributed by atoms with Gasteiger partial charge in [0.15, 0.2) is 0 Å². The SMILES string of the molecule is O=C(NCC(CCCc1cc(Br)ccc1F)c1ccccc1)c1ccccc1O. The molecule has 0 aliphatic carbocycles. The summed E-state index contributed by atoms with van der Waals surface area (Å²) < 4.78 is 14.9. The minimum absolute atomic E-state index is 0.0357. The lowest BCUT2D eigenvalue weighted by Crippen LogP contribution is -2.28. The van der Waals surface area contributed by atoms with Crippen molar-refractivity contribution >= 4 is 21.8 Å². The van der Waals surface area contributed by atoms with Gasteiger partial charge in [-0.15, -0.1) is 0 Å². The van der Waals surface area contributed by atoms with Crippen LogP contribution in [-0.4, -0.2) is 17.6 Å². The van der Waals surface area contributed by atoms with Crippen LogP contribution in [0.1, 0.15) is 40.2 Å². The fraction of sp³-hybridized carbons (Fsp3) is 0.208. The molecule has 0 fully saturated rings. The molecule has 3 nitrogen and oxygen atoms in total. The number of phenols is 1. The lowest BCUT2D eigenvalue weighted by molar-refractivity contribution is 0.0948. The van der Waals surface area contributed by atoms with E-state index in [2.05, 4.69) is 21.2 Å². The highest BCUT2D eigenvalue weighted by atomic mass is 79.9. The van der Waals surface area contributed by atoms with Crippen molar-refractivity contribution in [3.8, 4) is 5.75 Å². The van der Waals surface area contributed by atoms with Crippen LogP contribution in [0, 0.1) is 5.82 Å². The van der Waals surface area contributed by atoms with Crippen LogP contribution in [0.4, 0.5) is 4.39 Å². The normalized spacial score (nSPS) is 11.8. The average Bonchev–Trinajstić information content (AvgIpc) is 2.73. The smallest absolute Gasteiger partial charge is 0.255 e. The van der Waals surface area contributed by atoms with Crippen LogP contribution < -0.4 is 5.32 Å². The maximum atomic E-state index is 14.0. The standard InChI is InChI=1S/C24H23BrFNO2/c25-20-13-14-22(26)18(15-20)9-6-10-19(17-7-2-1-3-8-17)16-27-24(29)21-11-4-5-12-23(21)28/h1-5,7-8,11-15,19,28H,6,9-10,16H2,(H,27,29). The number of amides is 1. The Kier molecular flexibility index (Phi) is 7.42. The third-order valence-corrected chi connectivity index (χ3v) is 5.43. The number of carbonyl (C=O) groups is 1. The number of rotatable bonds is 8. The molecule has 0 aliphatic heterocycles. The molecule has 0 bridgehead atoms. The highest BCUT2D eigenvalue weighted by molar-refractivity contribution is 9.10. The zero-order chi connectivity index (χ0) is 20.6. The first-order valence-corrected chi connectivity index (χ1v) is 10.4. The number of benzene rings is 3. The molecule has 2 N–H and O–H groups in total. The molecular formula is C24H23BrFNO2. The number of aromatic hydroxyl groups is 1. The molecule has 0 saturated carbocycles. The van der Waals surface area contributed by atoms with Gasteiger partial charge in [0.2, 0.25) is 0 Å². The van der Waals surface area contributed by atoms with Crippen LogP contribution in [0.3, 0.4) is 0 Å². The summed E-state index contributed by atoms with van der Waals surface area (Å²) in [6, 6.07) is 21.4. The van der Waals surface area contributed by atoms with Crippen molar-refractivity contribution in [3.05, 3.63) is 99.8 Å². The van der Waals surface area contributed by atoms with Gasteiger partial charge in [-0.25, -0.2) is 4.39 Å². The Balaban J connectivity index is 1.65. The third-order valence-electron chi connectivity index (χ3n) is 4.94. The number of para-hydroxylation sites is 1. The molecule has 0 spiro atoms. The highest BCUT2D eigenvalue weighted by Crippen LogP contribution is 2.24. The summed E-state index contributed by atoms with van der Waals surface area (Å²) in [4.78, 5) is 12.5. The third kappa shape index (κ3) is 5.91. The number of aryl methyl sites for hydroxylation is 1. The molecule has 5 heteroatoms. The van der Waals surface area contributed by atoms with Crippen molar-refractivity contribution in [2.24, 2.45) is 0 Å². The van der Waals surface area contributed by atoms with Crippen LogP contribution in [0.15, 0.2) is 77.3 Å². The molecule has 0 aliphatic rings. The second-order valence-corrected chi connectivity index (χ2v) is 7.88. The van der Waals surface area contributed by atoms with E-state index in [1.807, 2.05) is 36.4 Å². The summed E-state index contributed by atoms with van der Waals surface area (Å²) in [6.07, 6.45) is 2.22. The predicted molar refractivity (Wildman–Crippen MR) is 117 cm³/mol. The lowest BCUT2D eigenvalue weighted by Gasteiger charge is -2.19. The van der Waals surface area contributed by atoms with E-state index in [0.29, 0.717) is 18.5 Å². The van der Waals surface area contributed by atoms with E-state index in [9.17, 15) is 14.3 Å². The summed E-state index contributed by atoms with van der Waals surface area (Å²) in [5, 5.41) is 12.8. The van der Waals surface area contributed by atoms with Gasteiger partial charge in [-0.3, -0.25) is 4.79 Å². The molecule has 1 unspecified atom stereocenters. The molecule has 0 radical (unpaired) electrons. The maximum Gasteiger partial charge on any atom is 0.255 e. The van der Waals surface area contributed by atoms with Crippen molar-refractivity contribution in [1.29, 1.82) is 0 Å². The monoisotopic (exact) mass is 455 g/mol. The largest absolute Gasteiger partial charge is 0.507 e. The average molecular weight is 456 g/mol. The Hall–Kier alpha value is -2.66. The second-order valence-electron chi connectivity index (χ2n) is 6.96. The van der Waals surface area contributed by atoms with Gasteiger partial charge in [-0.1, -0.05) is 58.4 Å². The maximum absolute atomic E-state index is 14.0. The first-order chi connectivity index (χ1) is 14.0. The molecular weight excluding hydrogens is 433 g/mol.